The lowest BCUT2D eigenvalue weighted by Gasteiger charge is -2.32. The van der Waals surface area contributed by atoms with Gasteiger partial charge in [0.1, 0.15) is 6.54 Å². The van der Waals surface area contributed by atoms with Gasteiger partial charge in [-0.25, -0.2) is 0 Å². The lowest BCUT2D eigenvalue weighted by atomic mass is 10.3. The van der Waals surface area contributed by atoms with Crippen molar-refractivity contribution >= 4 is 17.5 Å². The van der Waals surface area contributed by atoms with Crippen LogP contribution in [0.2, 0.25) is 0 Å². The number of amides is 2. The van der Waals surface area contributed by atoms with Gasteiger partial charge in [0.15, 0.2) is 0 Å². The number of carbonyl (C=O) groups is 2. The normalized spacial score (nSPS) is 17.6. The molecule has 116 valence electrons. The molecule has 0 saturated carbocycles. The maximum Gasteiger partial charge on any atom is 0.244 e. The number of likely N-dealkylation sites (N-methyl/N-ethyl adjacent to an activating group) is 1. The third kappa shape index (κ3) is 4.27. The molecule has 1 atom stereocenters. The first-order valence-electron chi connectivity index (χ1n) is 7.01. The van der Waals surface area contributed by atoms with Crippen LogP contribution < -0.4 is 11.1 Å². The van der Waals surface area contributed by atoms with Crippen LogP contribution >= 0.6 is 0 Å². The first-order valence-corrected chi connectivity index (χ1v) is 7.01. The summed E-state index contributed by atoms with van der Waals surface area (Å²) < 4.78 is 1.53. The van der Waals surface area contributed by atoms with Gasteiger partial charge in [-0.15, -0.1) is 0 Å². The average molecular weight is 294 g/mol. The number of anilines is 1. The van der Waals surface area contributed by atoms with E-state index in [1.54, 1.807) is 13.1 Å². The lowest BCUT2D eigenvalue weighted by Crippen LogP contribution is -2.48. The van der Waals surface area contributed by atoms with Gasteiger partial charge >= 0.3 is 0 Å². The topological polar surface area (TPSA) is 96.5 Å². The van der Waals surface area contributed by atoms with Gasteiger partial charge in [0.2, 0.25) is 11.8 Å². The van der Waals surface area contributed by atoms with Gasteiger partial charge < -0.3 is 20.9 Å². The summed E-state index contributed by atoms with van der Waals surface area (Å²) in [6.07, 6.45) is 3.14. The summed E-state index contributed by atoms with van der Waals surface area (Å²) in [7, 11) is 2.04. The highest BCUT2D eigenvalue weighted by Crippen LogP contribution is 2.07. The highest BCUT2D eigenvalue weighted by Gasteiger charge is 2.19. The Balaban J connectivity index is 1.87. The van der Waals surface area contributed by atoms with Gasteiger partial charge in [-0.05, 0) is 14.0 Å². The molecule has 1 aromatic rings. The minimum atomic E-state index is -0.583. The number of aromatic nitrogens is 2. The van der Waals surface area contributed by atoms with Crippen molar-refractivity contribution in [1.29, 1.82) is 0 Å². The second kappa shape index (κ2) is 6.68. The van der Waals surface area contributed by atoms with Gasteiger partial charge in [-0.2, -0.15) is 5.10 Å². The largest absolute Gasteiger partial charge is 0.339 e. The van der Waals surface area contributed by atoms with E-state index < -0.39 is 6.04 Å². The van der Waals surface area contributed by atoms with E-state index in [2.05, 4.69) is 15.3 Å². The molecule has 2 heterocycles. The summed E-state index contributed by atoms with van der Waals surface area (Å²) in [5, 5.41) is 6.72. The Labute approximate surface area is 123 Å². The average Bonchev–Trinajstić information content (AvgIpc) is 2.86. The minimum absolute atomic E-state index is 0.0382. The molecule has 1 aliphatic rings. The summed E-state index contributed by atoms with van der Waals surface area (Å²) in [6.45, 7) is 5.05. The Bertz CT molecular complexity index is 505. The van der Waals surface area contributed by atoms with E-state index >= 15 is 0 Å². The third-order valence-corrected chi connectivity index (χ3v) is 3.47. The van der Waals surface area contributed by atoms with E-state index in [0.29, 0.717) is 5.69 Å². The molecule has 2 rings (SSSR count). The molecule has 8 heteroatoms. The Morgan fingerprint density at radius 1 is 1.38 bits per heavy atom. The first-order chi connectivity index (χ1) is 9.95. The molecule has 0 spiro atoms. The predicted molar refractivity (Wildman–Crippen MR) is 78.6 cm³/mol. The van der Waals surface area contributed by atoms with E-state index in [0.717, 1.165) is 26.2 Å². The molecular formula is C13H22N6O2. The highest BCUT2D eigenvalue weighted by atomic mass is 16.2. The second-order valence-corrected chi connectivity index (χ2v) is 5.39. The van der Waals surface area contributed by atoms with E-state index in [4.69, 9.17) is 5.73 Å². The van der Waals surface area contributed by atoms with Crippen molar-refractivity contribution in [3.63, 3.8) is 0 Å². The molecule has 21 heavy (non-hydrogen) atoms. The molecule has 0 aromatic carbocycles. The molecule has 1 aliphatic heterocycles. The quantitative estimate of drug-likeness (QED) is 0.738. The number of rotatable bonds is 4. The van der Waals surface area contributed by atoms with E-state index in [-0.39, 0.29) is 18.4 Å². The zero-order chi connectivity index (χ0) is 15.4. The van der Waals surface area contributed by atoms with Crippen LogP contribution in [0.1, 0.15) is 6.92 Å². The maximum atomic E-state index is 12.2. The molecule has 8 nitrogen and oxygen atoms in total. The van der Waals surface area contributed by atoms with Gasteiger partial charge in [0.05, 0.1) is 17.9 Å². The van der Waals surface area contributed by atoms with Crippen LogP contribution in [0.4, 0.5) is 5.69 Å². The van der Waals surface area contributed by atoms with Gasteiger partial charge in [-0.3, -0.25) is 14.3 Å². The first kappa shape index (κ1) is 15.5. The van der Waals surface area contributed by atoms with E-state index in [1.165, 1.54) is 10.9 Å². The zero-order valence-electron chi connectivity index (χ0n) is 12.5. The number of piperazine rings is 1. The standard InChI is InChI=1S/C13H22N6O2/c1-10(14)13(21)16-11-7-15-19(8-11)9-12(20)18-5-3-17(2)4-6-18/h7-8,10H,3-6,9,14H2,1-2H3,(H,16,21)/t10-/m1/s1. The maximum absolute atomic E-state index is 12.2. The third-order valence-electron chi connectivity index (χ3n) is 3.47. The molecule has 0 unspecified atom stereocenters. The fourth-order valence-corrected chi connectivity index (χ4v) is 2.07. The van der Waals surface area contributed by atoms with Gasteiger partial charge in [-0.1, -0.05) is 0 Å². The predicted octanol–water partition coefficient (Wildman–Crippen LogP) is -1.06. The Kier molecular flexibility index (Phi) is 4.92. The van der Waals surface area contributed by atoms with Crippen molar-refractivity contribution in [2.24, 2.45) is 5.73 Å². The summed E-state index contributed by atoms with van der Waals surface area (Å²) in [4.78, 5) is 27.7. The van der Waals surface area contributed by atoms with Crippen molar-refractivity contribution < 1.29 is 9.59 Å². The van der Waals surface area contributed by atoms with Crippen LogP contribution in [0, 0.1) is 0 Å². The van der Waals surface area contributed by atoms with Crippen LogP contribution in [0.15, 0.2) is 12.4 Å². The fourth-order valence-electron chi connectivity index (χ4n) is 2.07. The summed E-state index contributed by atoms with van der Waals surface area (Å²) >= 11 is 0. The van der Waals surface area contributed by atoms with E-state index in [9.17, 15) is 9.59 Å². The van der Waals surface area contributed by atoms with Crippen LogP contribution in [0.5, 0.6) is 0 Å². The lowest BCUT2D eigenvalue weighted by molar-refractivity contribution is -0.133. The van der Waals surface area contributed by atoms with Gasteiger partial charge in [0.25, 0.3) is 0 Å². The molecule has 0 bridgehead atoms. The van der Waals surface area contributed by atoms with Crippen molar-refractivity contribution in [2.45, 2.75) is 19.5 Å². The molecule has 0 radical (unpaired) electrons. The minimum Gasteiger partial charge on any atom is -0.339 e. The van der Waals surface area contributed by atoms with E-state index in [1.807, 2.05) is 11.9 Å². The summed E-state index contributed by atoms with van der Waals surface area (Å²) in [5.41, 5.74) is 6.02. The Hall–Kier alpha value is -1.93. The molecule has 1 fully saturated rings. The highest BCUT2D eigenvalue weighted by molar-refractivity contribution is 5.94. The molecule has 1 saturated heterocycles. The SMILES string of the molecule is C[C@@H](N)C(=O)Nc1cnn(CC(=O)N2CCN(C)CC2)c1. The molecule has 1 aromatic heterocycles. The Morgan fingerprint density at radius 2 is 2.05 bits per heavy atom. The number of nitrogens with one attached hydrogen (secondary N) is 1. The van der Waals surface area contributed by atoms with Crippen LogP contribution in [-0.4, -0.2) is 70.7 Å². The van der Waals surface area contributed by atoms with Crippen LogP contribution in [-0.2, 0) is 16.1 Å². The molecule has 2 amide bonds. The van der Waals surface area contributed by atoms with Crippen LogP contribution in [0.3, 0.4) is 0 Å². The fraction of sp³-hybridized carbons (Fsp3) is 0.615. The number of hydrogen-bond acceptors (Lipinski definition) is 5. The monoisotopic (exact) mass is 294 g/mol. The van der Waals surface area contributed by atoms with Crippen molar-refractivity contribution in [3.8, 4) is 0 Å². The number of nitrogens with two attached hydrogens (primary N) is 1. The smallest absolute Gasteiger partial charge is 0.244 e. The summed E-state index contributed by atoms with van der Waals surface area (Å²) in [5.74, 6) is -0.240. The molecule has 0 aliphatic carbocycles. The number of nitrogens with zero attached hydrogens (tertiary/aromatic N) is 4. The van der Waals surface area contributed by atoms with Gasteiger partial charge in [0, 0.05) is 32.4 Å². The van der Waals surface area contributed by atoms with Crippen molar-refractivity contribution in [2.75, 3.05) is 38.5 Å². The molecular weight excluding hydrogens is 272 g/mol. The Morgan fingerprint density at radius 3 is 2.67 bits per heavy atom. The zero-order valence-corrected chi connectivity index (χ0v) is 12.5. The number of hydrogen-bond donors (Lipinski definition) is 2. The molecule has 3 N–H and O–H groups in total. The summed E-state index contributed by atoms with van der Waals surface area (Å²) in [6, 6.07) is -0.583. The van der Waals surface area contributed by atoms with Crippen molar-refractivity contribution in [1.82, 2.24) is 19.6 Å². The van der Waals surface area contributed by atoms with Crippen molar-refractivity contribution in [3.05, 3.63) is 12.4 Å². The number of carbonyl (C=O) groups excluding carboxylic acids is 2. The second-order valence-electron chi connectivity index (χ2n) is 5.39. The van der Waals surface area contributed by atoms with Crippen LogP contribution in [0.25, 0.3) is 0 Å².